The van der Waals surface area contributed by atoms with Crippen molar-refractivity contribution in [1.29, 1.82) is 0 Å². The van der Waals surface area contributed by atoms with Gasteiger partial charge >= 0.3 is 0 Å². The highest BCUT2D eigenvalue weighted by molar-refractivity contribution is 6.29. The van der Waals surface area contributed by atoms with Crippen molar-refractivity contribution in [3.8, 4) is 5.75 Å². The van der Waals surface area contributed by atoms with E-state index in [0.717, 1.165) is 90.2 Å². The van der Waals surface area contributed by atoms with Gasteiger partial charge in [0.2, 0.25) is 0 Å². The van der Waals surface area contributed by atoms with Crippen LogP contribution in [0, 0.1) is 0 Å². The van der Waals surface area contributed by atoms with E-state index in [1.807, 2.05) is 67.5 Å². The van der Waals surface area contributed by atoms with Crippen molar-refractivity contribution in [2.75, 3.05) is 9.80 Å². The van der Waals surface area contributed by atoms with Crippen LogP contribution in [0.1, 0.15) is 183 Å². The maximum absolute atomic E-state index is 7.18. The van der Waals surface area contributed by atoms with E-state index in [0.29, 0.717) is 0 Å². The second kappa shape index (κ2) is 27.3. The van der Waals surface area contributed by atoms with Crippen molar-refractivity contribution in [2.24, 2.45) is 0 Å². The Morgan fingerprint density at radius 2 is 1.29 bits per heavy atom. The van der Waals surface area contributed by atoms with Crippen LogP contribution in [-0.4, -0.2) is 6.10 Å². The lowest BCUT2D eigenvalue weighted by Gasteiger charge is -2.33. The standard InChI is InChI=1S/C64H66N2O2.4C2H6/c1-10-11-13-25-44(8)65(56-33-22-27-46-26-18-16-23-42(6)45(9)67-63(46)56)58-38-54(40(2)3)48-35-37-53-59(39-55(41(4)5)49-34-36-52(58)60(48)61(49)53)66(47-28-14-12-15-29-47)57-32-21-20-31-51-50-30-19-17-24-43(7)62(50)68-64(51)57;4*1-2/h10-16,18,22-25,27-29,31,33-41,45H,1,17,19-21,26,30,32H2,2-9H3;4*1-2H3/b13-11-,18-16-,42-23-,44-25+;;;;. The second-order valence-electron chi connectivity index (χ2n) is 19.8. The number of hydrogen-bond donors (Lipinski definition) is 0. The van der Waals surface area contributed by atoms with Crippen LogP contribution in [-0.2, 0) is 12.8 Å². The number of hydrogen-bond acceptors (Lipinski definition) is 4. The molecule has 0 radical (unpaired) electrons. The van der Waals surface area contributed by atoms with Gasteiger partial charge in [0.05, 0.1) is 22.8 Å². The number of furan rings is 1. The predicted molar refractivity (Wildman–Crippen MR) is 337 cm³/mol. The van der Waals surface area contributed by atoms with E-state index < -0.39 is 0 Å². The molecule has 4 heteroatoms. The topological polar surface area (TPSA) is 28.9 Å². The molecule has 6 aromatic carbocycles. The molecule has 2 heterocycles. The molecule has 1 aromatic heterocycles. The SMILES string of the molecule is C=C/C=C\C=C(/C)N(c1cccc2c1OC(C)/C(C)=C\C=C/C2)c1cc(C(C)C)c2ccc3c(N(C4=c5oc6c(c5=CCCC4)CCCC=C6C)c4ccccc4)cc(C(C)C)c4ccc1c2c43.CC.CC.CC.CC. The smallest absolute Gasteiger partial charge is 0.154 e. The Hall–Kier alpha value is -6.78. The number of benzene rings is 6. The molecule has 2 aliphatic carbocycles. The fraction of sp³-hybridized carbons (Fsp3) is 0.361. The number of para-hydroxylation sites is 2. The highest BCUT2D eigenvalue weighted by Gasteiger charge is 2.30. The third-order valence-corrected chi connectivity index (χ3v) is 14.7. The van der Waals surface area contributed by atoms with E-state index in [-0.39, 0.29) is 17.9 Å². The summed E-state index contributed by atoms with van der Waals surface area (Å²) in [6.45, 7) is 38.1. The average Bonchev–Trinajstić information content (AvgIpc) is 3.70. The molecule has 0 spiro atoms. The Bertz CT molecular complexity index is 3370. The number of ether oxygens (including phenoxy) is 1. The predicted octanol–water partition coefficient (Wildman–Crippen LogP) is 20.8. The molecule has 10 rings (SSSR count). The summed E-state index contributed by atoms with van der Waals surface area (Å²) in [5.41, 5.74) is 15.5. The summed E-state index contributed by atoms with van der Waals surface area (Å²) in [5.74, 6) is 2.51. The molecule has 0 bridgehead atoms. The first-order valence-corrected chi connectivity index (χ1v) is 29.1. The zero-order valence-corrected chi connectivity index (χ0v) is 49.4. The number of rotatable bonds is 10. The Morgan fingerprint density at radius 3 is 1.93 bits per heavy atom. The summed E-state index contributed by atoms with van der Waals surface area (Å²) in [6, 6.07) is 32.3. The third-order valence-electron chi connectivity index (χ3n) is 14.7. The van der Waals surface area contributed by atoms with E-state index in [2.05, 4.69) is 199 Å². The molecule has 7 aromatic rings. The summed E-state index contributed by atoms with van der Waals surface area (Å²) in [4.78, 5) is 5.02. The van der Waals surface area contributed by atoms with Gasteiger partial charge in [0, 0.05) is 38.5 Å². The minimum absolute atomic E-state index is 0.102. The lowest BCUT2D eigenvalue weighted by Crippen LogP contribution is -2.31. The fourth-order valence-corrected chi connectivity index (χ4v) is 11.1. The van der Waals surface area contributed by atoms with E-state index >= 15 is 0 Å². The normalized spacial score (nSPS) is 16.3. The van der Waals surface area contributed by atoms with E-state index in [9.17, 15) is 0 Å². The Morgan fingerprint density at radius 1 is 0.684 bits per heavy atom. The van der Waals surface area contributed by atoms with Gasteiger partial charge in [-0.3, -0.25) is 0 Å². The maximum atomic E-state index is 7.18. The van der Waals surface area contributed by atoms with Crippen LogP contribution < -0.4 is 25.2 Å². The molecule has 1 aliphatic heterocycles. The van der Waals surface area contributed by atoms with Crippen molar-refractivity contribution in [3.63, 3.8) is 0 Å². The average molecular weight is 1020 g/mol. The summed E-state index contributed by atoms with van der Waals surface area (Å²) in [7, 11) is 0. The van der Waals surface area contributed by atoms with Crippen molar-refractivity contribution < 1.29 is 9.15 Å². The van der Waals surface area contributed by atoms with Gasteiger partial charge in [-0.15, -0.1) is 0 Å². The van der Waals surface area contributed by atoms with Gasteiger partial charge in [0.1, 0.15) is 17.6 Å². The molecule has 1 atom stereocenters. The molecule has 0 saturated heterocycles. The molecule has 0 fully saturated rings. The summed E-state index contributed by atoms with van der Waals surface area (Å²) < 4.78 is 14.2. The van der Waals surface area contributed by atoms with Crippen LogP contribution >= 0.6 is 0 Å². The monoisotopic (exact) mass is 1010 g/mol. The first-order valence-electron chi connectivity index (χ1n) is 29.1. The third kappa shape index (κ3) is 11.6. The van der Waals surface area contributed by atoms with Gasteiger partial charge in [0.15, 0.2) is 5.42 Å². The summed E-state index contributed by atoms with van der Waals surface area (Å²) in [6.07, 6.45) is 26.5. The fourth-order valence-electron chi connectivity index (χ4n) is 11.1. The molecule has 0 saturated carbocycles. The minimum atomic E-state index is -0.102. The van der Waals surface area contributed by atoms with Crippen LogP contribution in [0.3, 0.4) is 0 Å². The molecule has 400 valence electrons. The van der Waals surface area contributed by atoms with Crippen molar-refractivity contribution in [2.45, 2.75) is 174 Å². The van der Waals surface area contributed by atoms with E-state index in [1.54, 1.807) is 0 Å². The van der Waals surface area contributed by atoms with Crippen LogP contribution in [0.4, 0.5) is 22.7 Å². The van der Waals surface area contributed by atoms with Gasteiger partial charge in [-0.1, -0.05) is 193 Å². The zero-order valence-electron chi connectivity index (χ0n) is 49.4. The lowest BCUT2D eigenvalue weighted by molar-refractivity contribution is 0.256. The van der Waals surface area contributed by atoms with E-state index in [4.69, 9.17) is 9.15 Å². The Kier molecular flexibility index (Phi) is 21.0. The van der Waals surface area contributed by atoms with Gasteiger partial charge in [-0.25, -0.2) is 0 Å². The first-order chi connectivity index (χ1) is 37.0. The van der Waals surface area contributed by atoms with Crippen molar-refractivity contribution in [1.82, 2.24) is 0 Å². The summed E-state index contributed by atoms with van der Waals surface area (Å²) >= 11 is 0. The molecular weight excluding hydrogens is 925 g/mol. The summed E-state index contributed by atoms with van der Waals surface area (Å²) in [5, 5.41) is 8.97. The molecule has 1 unspecified atom stereocenters. The van der Waals surface area contributed by atoms with Gasteiger partial charge in [0.25, 0.3) is 0 Å². The number of anilines is 4. The zero-order chi connectivity index (χ0) is 55.2. The van der Waals surface area contributed by atoms with Crippen molar-refractivity contribution in [3.05, 3.63) is 190 Å². The number of nitrogens with zero attached hydrogens (tertiary/aromatic N) is 2. The van der Waals surface area contributed by atoms with Crippen LogP contribution in [0.2, 0.25) is 0 Å². The highest BCUT2D eigenvalue weighted by atomic mass is 16.5. The lowest BCUT2D eigenvalue weighted by atomic mass is 9.84. The highest BCUT2D eigenvalue weighted by Crippen LogP contribution is 2.51. The van der Waals surface area contributed by atoms with Crippen LogP contribution in [0.5, 0.6) is 5.75 Å². The molecule has 76 heavy (non-hydrogen) atoms. The molecule has 3 aliphatic rings. The quantitative estimate of drug-likeness (QED) is 0.101. The molecule has 0 amide bonds. The van der Waals surface area contributed by atoms with Crippen LogP contribution in [0.25, 0.3) is 49.7 Å². The Labute approximate surface area is 458 Å². The Balaban J connectivity index is 0.00000112. The largest absolute Gasteiger partial charge is 0.484 e. The number of allylic oxidation sites excluding steroid dienone is 10. The molecule has 4 nitrogen and oxygen atoms in total. The minimum Gasteiger partial charge on any atom is -0.484 e. The molecular formula is C72H90N2O2. The molecule has 0 N–H and O–H groups in total. The van der Waals surface area contributed by atoms with Gasteiger partial charge in [-0.2, -0.15) is 0 Å². The second-order valence-corrected chi connectivity index (χ2v) is 19.8. The van der Waals surface area contributed by atoms with E-state index in [1.165, 1.54) is 76.8 Å². The number of fused-ring (bicyclic) bond motifs is 4. The van der Waals surface area contributed by atoms with Crippen molar-refractivity contribution >= 4 is 72.4 Å². The first kappa shape index (κ1) is 58.5. The van der Waals surface area contributed by atoms with Gasteiger partial charge < -0.3 is 19.0 Å². The maximum Gasteiger partial charge on any atom is 0.154 e. The van der Waals surface area contributed by atoms with Crippen LogP contribution in [0.15, 0.2) is 156 Å². The van der Waals surface area contributed by atoms with Gasteiger partial charge in [-0.05, 0) is 165 Å².